The molecule has 0 saturated carbocycles. The van der Waals surface area contributed by atoms with E-state index < -0.39 is 0 Å². The van der Waals surface area contributed by atoms with E-state index in [0.717, 1.165) is 33.2 Å². The van der Waals surface area contributed by atoms with Crippen molar-refractivity contribution in [2.75, 3.05) is 26.2 Å². The van der Waals surface area contributed by atoms with Gasteiger partial charge in [0.2, 0.25) is 0 Å². The highest BCUT2D eigenvalue weighted by atomic mass is 127. The van der Waals surface area contributed by atoms with E-state index in [9.17, 15) is 4.79 Å². The van der Waals surface area contributed by atoms with E-state index in [0.29, 0.717) is 6.54 Å². The highest BCUT2D eigenvalue weighted by molar-refractivity contribution is 14.1. The normalized spacial score (nSPS) is 10.7. The summed E-state index contributed by atoms with van der Waals surface area (Å²) in [5.74, 6) is -0.00661. The molecule has 3 nitrogen and oxygen atoms in total. The molecular formula is C13H18BrIN2O. The van der Waals surface area contributed by atoms with Crippen LogP contribution >= 0.6 is 38.5 Å². The molecule has 0 aliphatic heterocycles. The third-order valence-corrected chi connectivity index (χ3v) is 4.21. The van der Waals surface area contributed by atoms with E-state index in [4.69, 9.17) is 0 Å². The van der Waals surface area contributed by atoms with E-state index in [-0.39, 0.29) is 5.91 Å². The SMILES string of the molecule is CCN(CC)CCNC(=O)c1cc(Br)ccc1I. The zero-order chi connectivity index (χ0) is 13.5. The standard InChI is InChI=1S/C13H18BrIN2O/c1-3-17(4-2)8-7-16-13(18)11-9-10(14)5-6-12(11)15/h5-6,9H,3-4,7-8H2,1-2H3,(H,16,18). The van der Waals surface area contributed by atoms with Gasteiger partial charge >= 0.3 is 0 Å². The molecule has 1 rings (SSSR count). The average molecular weight is 425 g/mol. The fraction of sp³-hybridized carbons (Fsp3) is 0.462. The molecule has 0 unspecified atom stereocenters. The van der Waals surface area contributed by atoms with Crippen molar-refractivity contribution in [3.8, 4) is 0 Å². The number of halogens is 2. The molecule has 0 spiro atoms. The Kier molecular flexibility index (Phi) is 7.18. The molecule has 1 amide bonds. The number of likely N-dealkylation sites (N-methyl/N-ethyl adjacent to an activating group) is 1. The largest absolute Gasteiger partial charge is 0.351 e. The summed E-state index contributed by atoms with van der Waals surface area (Å²) in [7, 11) is 0. The maximum absolute atomic E-state index is 12.0. The first-order valence-electron chi connectivity index (χ1n) is 6.04. The third-order valence-electron chi connectivity index (χ3n) is 2.78. The summed E-state index contributed by atoms with van der Waals surface area (Å²) in [5.41, 5.74) is 0.726. The molecule has 18 heavy (non-hydrogen) atoms. The molecule has 0 saturated heterocycles. The minimum atomic E-state index is -0.00661. The Morgan fingerprint density at radius 1 is 1.39 bits per heavy atom. The Balaban J connectivity index is 2.53. The highest BCUT2D eigenvalue weighted by Gasteiger charge is 2.10. The van der Waals surface area contributed by atoms with E-state index >= 15 is 0 Å². The van der Waals surface area contributed by atoms with Gasteiger partial charge in [-0.05, 0) is 53.9 Å². The van der Waals surface area contributed by atoms with Gasteiger partial charge in [0.1, 0.15) is 0 Å². The van der Waals surface area contributed by atoms with Gasteiger partial charge in [-0.25, -0.2) is 0 Å². The van der Waals surface area contributed by atoms with Gasteiger partial charge in [-0.3, -0.25) is 4.79 Å². The number of carbonyl (C=O) groups is 1. The van der Waals surface area contributed by atoms with Crippen LogP contribution < -0.4 is 5.32 Å². The number of hydrogen-bond acceptors (Lipinski definition) is 2. The Bertz CT molecular complexity index is 408. The fourth-order valence-corrected chi connectivity index (χ4v) is 2.58. The van der Waals surface area contributed by atoms with Crippen molar-refractivity contribution in [2.24, 2.45) is 0 Å². The van der Waals surface area contributed by atoms with Gasteiger partial charge in [0.15, 0.2) is 0 Å². The number of carbonyl (C=O) groups excluding carboxylic acids is 1. The van der Waals surface area contributed by atoms with E-state index in [1.807, 2.05) is 18.2 Å². The molecule has 1 N–H and O–H groups in total. The topological polar surface area (TPSA) is 32.3 Å². The monoisotopic (exact) mass is 424 g/mol. The summed E-state index contributed by atoms with van der Waals surface area (Å²) in [6, 6.07) is 5.73. The van der Waals surface area contributed by atoms with Crippen LogP contribution in [0.4, 0.5) is 0 Å². The number of benzene rings is 1. The van der Waals surface area contributed by atoms with Crippen LogP contribution in [0.5, 0.6) is 0 Å². The quantitative estimate of drug-likeness (QED) is 0.711. The van der Waals surface area contributed by atoms with Crippen LogP contribution in [0.15, 0.2) is 22.7 Å². The summed E-state index contributed by atoms with van der Waals surface area (Å²) in [6.45, 7) is 7.86. The van der Waals surface area contributed by atoms with Crippen LogP contribution in [-0.2, 0) is 0 Å². The molecule has 1 aromatic carbocycles. The molecule has 100 valence electrons. The summed E-state index contributed by atoms with van der Waals surface area (Å²) < 4.78 is 1.90. The van der Waals surface area contributed by atoms with Crippen LogP contribution in [0.3, 0.4) is 0 Å². The molecule has 5 heteroatoms. The Morgan fingerprint density at radius 3 is 2.67 bits per heavy atom. The first-order valence-corrected chi connectivity index (χ1v) is 7.91. The molecule has 0 radical (unpaired) electrons. The lowest BCUT2D eigenvalue weighted by atomic mass is 10.2. The molecule has 0 aliphatic carbocycles. The predicted molar refractivity (Wildman–Crippen MR) is 87.0 cm³/mol. The summed E-state index contributed by atoms with van der Waals surface area (Å²) in [6.07, 6.45) is 0. The van der Waals surface area contributed by atoms with Crippen molar-refractivity contribution in [1.29, 1.82) is 0 Å². The lowest BCUT2D eigenvalue weighted by Crippen LogP contribution is -2.35. The van der Waals surface area contributed by atoms with E-state index in [1.54, 1.807) is 0 Å². The van der Waals surface area contributed by atoms with Gasteiger partial charge in [-0.1, -0.05) is 29.8 Å². The zero-order valence-electron chi connectivity index (χ0n) is 10.7. The molecule has 0 heterocycles. The van der Waals surface area contributed by atoms with Gasteiger partial charge in [-0.2, -0.15) is 0 Å². The first-order chi connectivity index (χ1) is 8.58. The van der Waals surface area contributed by atoms with E-state index in [1.165, 1.54) is 0 Å². The predicted octanol–water partition coefficient (Wildman–Crippen LogP) is 3.13. The van der Waals surface area contributed by atoms with Crippen LogP contribution in [0.1, 0.15) is 24.2 Å². The van der Waals surface area contributed by atoms with Gasteiger partial charge < -0.3 is 10.2 Å². The second kappa shape index (κ2) is 8.12. The minimum Gasteiger partial charge on any atom is -0.351 e. The maximum Gasteiger partial charge on any atom is 0.252 e. The first kappa shape index (κ1) is 15.9. The van der Waals surface area contributed by atoms with Gasteiger partial charge in [0.05, 0.1) is 5.56 Å². The number of amides is 1. The van der Waals surface area contributed by atoms with Crippen molar-refractivity contribution in [3.63, 3.8) is 0 Å². The Labute approximate surface area is 131 Å². The zero-order valence-corrected chi connectivity index (χ0v) is 14.4. The number of nitrogens with zero attached hydrogens (tertiary/aromatic N) is 1. The fourth-order valence-electron chi connectivity index (χ4n) is 1.63. The van der Waals surface area contributed by atoms with Crippen molar-refractivity contribution < 1.29 is 4.79 Å². The van der Waals surface area contributed by atoms with Crippen LogP contribution in [-0.4, -0.2) is 37.0 Å². The third kappa shape index (κ3) is 4.85. The Hall–Kier alpha value is -0.140. The number of nitrogens with one attached hydrogen (secondary N) is 1. The summed E-state index contributed by atoms with van der Waals surface area (Å²) >= 11 is 5.57. The van der Waals surface area contributed by atoms with Gasteiger partial charge in [0.25, 0.3) is 5.91 Å². The summed E-state index contributed by atoms with van der Waals surface area (Å²) in [4.78, 5) is 14.3. The van der Waals surface area contributed by atoms with Crippen LogP contribution in [0.25, 0.3) is 0 Å². The van der Waals surface area contributed by atoms with Gasteiger partial charge in [-0.15, -0.1) is 0 Å². The molecule has 0 aliphatic rings. The van der Waals surface area contributed by atoms with Crippen LogP contribution in [0.2, 0.25) is 0 Å². The highest BCUT2D eigenvalue weighted by Crippen LogP contribution is 2.18. The lowest BCUT2D eigenvalue weighted by molar-refractivity contribution is 0.0948. The van der Waals surface area contributed by atoms with Crippen molar-refractivity contribution in [3.05, 3.63) is 31.8 Å². The Morgan fingerprint density at radius 2 is 2.06 bits per heavy atom. The van der Waals surface area contributed by atoms with E-state index in [2.05, 4.69) is 62.6 Å². The van der Waals surface area contributed by atoms with Gasteiger partial charge in [0, 0.05) is 21.1 Å². The molecule has 0 fully saturated rings. The number of hydrogen-bond donors (Lipinski definition) is 1. The molecule has 0 aromatic heterocycles. The van der Waals surface area contributed by atoms with Crippen molar-refractivity contribution in [1.82, 2.24) is 10.2 Å². The second-order valence-corrected chi connectivity index (χ2v) is 5.98. The lowest BCUT2D eigenvalue weighted by Gasteiger charge is -2.18. The minimum absolute atomic E-state index is 0.00661. The molecule has 0 bridgehead atoms. The average Bonchev–Trinajstić information content (AvgIpc) is 2.37. The molecule has 0 atom stereocenters. The maximum atomic E-state index is 12.0. The van der Waals surface area contributed by atoms with Crippen molar-refractivity contribution in [2.45, 2.75) is 13.8 Å². The smallest absolute Gasteiger partial charge is 0.252 e. The molecular weight excluding hydrogens is 407 g/mol. The van der Waals surface area contributed by atoms with Crippen molar-refractivity contribution >= 4 is 44.4 Å². The second-order valence-electron chi connectivity index (χ2n) is 3.91. The summed E-state index contributed by atoms with van der Waals surface area (Å²) in [5, 5.41) is 2.96. The molecule has 1 aromatic rings. The van der Waals surface area contributed by atoms with Crippen LogP contribution in [0, 0.1) is 3.57 Å². The number of rotatable bonds is 6.